The first-order valence-electron chi connectivity index (χ1n) is 2.45. The van der Waals surface area contributed by atoms with Crippen LogP contribution in [0.4, 0.5) is 5.82 Å². The highest BCUT2D eigenvalue weighted by atomic mass is 79.9. The van der Waals surface area contributed by atoms with E-state index in [1.807, 2.05) is 0 Å². The number of hydrogen-bond donors (Lipinski definition) is 1. The van der Waals surface area contributed by atoms with Crippen molar-refractivity contribution in [2.45, 2.75) is 5.33 Å². The van der Waals surface area contributed by atoms with Crippen LogP contribution < -0.4 is 5.73 Å². The molecule has 1 heterocycles. The highest BCUT2D eigenvalue weighted by Crippen LogP contribution is 2.08. The third kappa shape index (κ3) is 1.38. The Morgan fingerprint density at radius 1 is 1.67 bits per heavy atom. The average Bonchev–Trinajstić information content (AvgIpc) is 1.89. The maximum Gasteiger partial charge on any atom is 0.130 e. The summed E-state index contributed by atoms with van der Waals surface area (Å²) < 4.78 is 0. The van der Waals surface area contributed by atoms with Crippen molar-refractivity contribution in [2.24, 2.45) is 0 Å². The van der Waals surface area contributed by atoms with Gasteiger partial charge in [0.1, 0.15) is 12.1 Å². The molecule has 0 radical (unpaired) electrons. The standard InChI is InChI=1S/C5H6BrN3/c6-1-4-2-8-3-9-5(4)7/h2-3H,1H2,(H2,7,8,9). The number of anilines is 1. The number of alkyl halides is 1. The van der Waals surface area contributed by atoms with Crippen LogP contribution in [0.3, 0.4) is 0 Å². The number of hydrogen-bond acceptors (Lipinski definition) is 3. The summed E-state index contributed by atoms with van der Waals surface area (Å²) in [4.78, 5) is 7.58. The molecule has 0 aromatic carbocycles. The van der Waals surface area contributed by atoms with Crippen molar-refractivity contribution in [1.82, 2.24) is 9.97 Å². The van der Waals surface area contributed by atoms with E-state index in [9.17, 15) is 0 Å². The van der Waals surface area contributed by atoms with Crippen LogP contribution in [0.1, 0.15) is 5.56 Å². The fourth-order valence-electron chi connectivity index (χ4n) is 0.471. The quantitative estimate of drug-likeness (QED) is 0.667. The van der Waals surface area contributed by atoms with Crippen molar-refractivity contribution in [1.29, 1.82) is 0 Å². The van der Waals surface area contributed by atoms with Crippen LogP contribution in [-0.4, -0.2) is 9.97 Å². The van der Waals surface area contributed by atoms with Crippen LogP contribution >= 0.6 is 15.9 Å². The summed E-state index contributed by atoms with van der Waals surface area (Å²) in [5.74, 6) is 0.543. The molecule has 0 spiro atoms. The van der Waals surface area contributed by atoms with Gasteiger partial charge in [0.2, 0.25) is 0 Å². The van der Waals surface area contributed by atoms with Gasteiger partial charge in [0.05, 0.1) is 0 Å². The molecule has 0 amide bonds. The lowest BCUT2D eigenvalue weighted by atomic mass is 10.4. The van der Waals surface area contributed by atoms with Crippen LogP contribution in [0.15, 0.2) is 12.5 Å². The number of nitrogen functional groups attached to an aromatic ring is 1. The van der Waals surface area contributed by atoms with Crippen molar-refractivity contribution < 1.29 is 0 Å². The van der Waals surface area contributed by atoms with Gasteiger partial charge in [0, 0.05) is 17.1 Å². The molecule has 1 rings (SSSR count). The van der Waals surface area contributed by atoms with E-state index in [1.54, 1.807) is 6.20 Å². The molecule has 3 nitrogen and oxygen atoms in total. The zero-order valence-corrected chi connectivity index (χ0v) is 6.30. The van der Waals surface area contributed by atoms with Crippen LogP contribution in [0, 0.1) is 0 Å². The lowest BCUT2D eigenvalue weighted by Gasteiger charge is -1.95. The van der Waals surface area contributed by atoms with Gasteiger partial charge in [-0.05, 0) is 0 Å². The van der Waals surface area contributed by atoms with E-state index in [0.717, 1.165) is 5.56 Å². The van der Waals surface area contributed by atoms with E-state index in [1.165, 1.54) is 6.33 Å². The monoisotopic (exact) mass is 187 g/mol. The Hall–Kier alpha value is -0.640. The first kappa shape index (κ1) is 6.48. The molecule has 9 heavy (non-hydrogen) atoms. The Bertz CT molecular complexity index is 201. The van der Waals surface area contributed by atoms with Crippen LogP contribution in [-0.2, 0) is 5.33 Å². The first-order chi connectivity index (χ1) is 4.34. The molecule has 0 saturated carbocycles. The average molecular weight is 188 g/mol. The lowest BCUT2D eigenvalue weighted by Crippen LogP contribution is -1.95. The van der Waals surface area contributed by atoms with Gasteiger partial charge in [-0.1, -0.05) is 15.9 Å². The van der Waals surface area contributed by atoms with E-state index < -0.39 is 0 Å². The molecule has 48 valence electrons. The first-order valence-corrected chi connectivity index (χ1v) is 3.57. The number of rotatable bonds is 1. The second-order valence-electron chi connectivity index (χ2n) is 1.57. The molecule has 0 aliphatic heterocycles. The van der Waals surface area contributed by atoms with E-state index in [-0.39, 0.29) is 0 Å². The van der Waals surface area contributed by atoms with Gasteiger partial charge in [-0.3, -0.25) is 0 Å². The minimum absolute atomic E-state index is 0.543. The molecule has 1 aromatic rings. The van der Waals surface area contributed by atoms with E-state index >= 15 is 0 Å². The molecule has 0 fully saturated rings. The predicted molar refractivity (Wildman–Crippen MR) is 39.1 cm³/mol. The van der Waals surface area contributed by atoms with E-state index in [0.29, 0.717) is 11.1 Å². The van der Waals surface area contributed by atoms with E-state index in [4.69, 9.17) is 5.73 Å². The van der Waals surface area contributed by atoms with Crippen molar-refractivity contribution in [3.05, 3.63) is 18.1 Å². The molecule has 0 saturated heterocycles. The lowest BCUT2D eigenvalue weighted by molar-refractivity contribution is 1.13. The molecular weight excluding hydrogens is 182 g/mol. The summed E-state index contributed by atoms with van der Waals surface area (Å²) in [6, 6.07) is 0. The minimum atomic E-state index is 0.543. The number of halogens is 1. The molecule has 0 bridgehead atoms. The van der Waals surface area contributed by atoms with Crippen LogP contribution in [0.2, 0.25) is 0 Å². The van der Waals surface area contributed by atoms with Gasteiger partial charge in [0.25, 0.3) is 0 Å². The fraction of sp³-hybridized carbons (Fsp3) is 0.200. The van der Waals surface area contributed by atoms with Crippen molar-refractivity contribution in [2.75, 3.05) is 5.73 Å². The second kappa shape index (κ2) is 2.77. The van der Waals surface area contributed by atoms with Crippen molar-refractivity contribution in [3.8, 4) is 0 Å². The number of nitrogens with two attached hydrogens (primary N) is 1. The zero-order chi connectivity index (χ0) is 6.69. The molecule has 0 atom stereocenters. The Kier molecular flexibility index (Phi) is 2.00. The van der Waals surface area contributed by atoms with Gasteiger partial charge >= 0.3 is 0 Å². The normalized spacial score (nSPS) is 9.44. The van der Waals surface area contributed by atoms with Crippen molar-refractivity contribution in [3.63, 3.8) is 0 Å². The molecular formula is C5H6BrN3. The largest absolute Gasteiger partial charge is 0.383 e. The second-order valence-corrected chi connectivity index (χ2v) is 2.13. The highest BCUT2D eigenvalue weighted by Gasteiger charge is 1.94. The van der Waals surface area contributed by atoms with Gasteiger partial charge in [-0.15, -0.1) is 0 Å². The predicted octanol–water partition coefficient (Wildman–Crippen LogP) is 0.954. The summed E-state index contributed by atoms with van der Waals surface area (Å²) in [6.07, 6.45) is 3.12. The minimum Gasteiger partial charge on any atom is -0.383 e. The topological polar surface area (TPSA) is 51.8 Å². The highest BCUT2D eigenvalue weighted by molar-refractivity contribution is 9.08. The van der Waals surface area contributed by atoms with Crippen molar-refractivity contribution >= 4 is 21.7 Å². The van der Waals surface area contributed by atoms with Gasteiger partial charge in [0.15, 0.2) is 0 Å². The SMILES string of the molecule is Nc1ncncc1CBr. The van der Waals surface area contributed by atoms with Gasteiger partial charge < -0.3 is 5.73 Å². The fourth-order valence-corrected chi connectivity index (χ4v) is 0.903. The molecule has 1 aromatic heterocycles. The van der Waals surface area contributed by atoms with Gasteiger partial charge in [-0.25, -0.2) is 9.97 Å². The third-order valence-electron chi connectivity index (χ3n) is 0.967. The summed E-state index contributed by atoms with van der Waals surface area (Å²) in [5.41, 5.74) is 6.38. The Balaban J connectivity index is 3.01. The Morgan fingerprint density at radius 3 is 2.89 bits per heavy atom. The number of aromatic nitrogens is 2. The zero-order valence-electron chi connectivity index (χ0n) is 4.71. The molecule has 2 N–H and O–H groups in total. The van der Waals surface area contributed by atoms with Crippen LogP contribution in [0.5, 0.6) is 0 Å². The summed E-state index contributed by atoms with van der Waals surface area (Å²) in [6.45, 7) is 0. The van der Waals surface area contributed by atoms with Crippen LogP contribution in [0.25, 0.3) is 0 Å². The molecule has 0 aliphatic rings. The smallest absolute Gasteiger partial charge is 0.130 e. The Labute approximate surface area is 61.4 Å². The summed E-state index contributed by atoms with van der Waals surface area (Å²) >= 11 is 3.25. The Morgan fingerprint density at radius 2 is 2.44 bits per heavy atom. The number of nitrogens with zero attached hydrogens (tertiary/aromatic N) is 2. The molecule has 4 heteroatoms. The summed E-state index contributed by atoms with van der Waals surface area (Å²) in [5, 5.41) is 0.708. The third-order valence-corrected chi connectivity index (χ3v) is 1.57. The van der Waals surface area contributed by atoms with E-state index in [2.05, 4.69) is 25.9 Å². The molecule has 0 unspecified atom stereocenters. The summed E-state index contributed by atoms with van der Waals surface area (Å²) in [7, 11) is 0. The van der Waals surface area contributed by atoms with Gasteiger partial charge in [-0.2, -0.15) is 0 Å². The maximum atomic E-state index is 5.45. The maximum absolute atomic E-state index is 5.45. The molecule has 0 aliphatic carbocycles.